The fraction of sp³-hybridized carbons (Fsp3) is 0.909. The van der Waals surface area contributed by atoms with E-state index in [4.69, 9.17) is 9.57 Å². The first-order valence-electron chi connectivity index (χ1n) is 6.27. The molecular formula is C11H21N3O3. The van der Waals surface area contributed by atoms with Crippen LogP contribution in [-0.4, -0.2) is 68.0 Å². The Bertz CT molecular complexity index is 250. The molecule has 2 amide bonds. The van der Waals surface area contributed by atoms with Crippen molar-refractivity contribution in [2.45, 2.75) is 19.4 Å². The molecule has 2 fully saturated rings. The highest BCUT2D eigenvalue weighted by molar-refractivity contribution is 5.73. The number of hydroxylamine groups is 2. The van der Waals surface area contributed by atoms with Crippen molar-refractivity contribution in [2.75, 3.05) is 46.0 Å². The van der Waals surface area contributed by atoms with Gasteiger partial charge in [-0.2, -0.15) is 0 Å². The molecule has 2 rings (SSSR count). The van der Waals surface area contributed by atoms with E-state index in [2.05, 4.69) is 17.1 Å². The smallest absolute Gasteiger partial charge is 0.341 e. The maximum absolute atomic E-state index is 11.7. The fourth-order valence-electron chi connectivity index (χ4n) is 2.08. The number of nitrogens with one attached hydrogen (secondary N) is 1. The molecule has 1 N–H and O–H groups in total. The maximum Gasteiger partial charge on any atom is 0.341 e. The highest BCUT2D eigenvalue weighted by Crippen LogP contribution is 2.05. The summed E-state index contributed by atoms with van der Waals surface area (Å²) >= 11 is 0. The number of hydrogen-bond donors (Lipinski definition) is 1. The van der Waals surface area contributed by atoms with Crippen LogP contribution in [0.15, 0.2) is 0 Å². The molecule has 98 valence electrons. The third-order valence-electron chi connectivity index (χ3n) is 3.20. The molecule has 0 aromatic heterocycles. The van der Waals surface area contributed by atoms with Gasteiger partial charge in [0, 0.05) is 25.7 Å². The first kappa shape index (κ1) is 12.6. The molecule has 0 saturated carbocycles. The van der Waals surface area contributed by atoms with Gasteiger partial charge in [0.2, 0.25) is 0 Å². The van der Waals surface area contributed by atoms with Crippen LogP contribution in [0.3, 0.4) is 0 Å². The van der Waals surface area contributed by atoms with Crippen LogP contribution in [0.4, 0.5) is 4.79 Å². The monoisotopic (exact) mass is 243 g/mol. The molecular weight excluding hydrogens is 222 g/mol. The van der Waals surface area contributed by atoms with Gasteiger partial charge >= 0.3 is 6.03 Å². The van der Waals surface area contributed by atoms with E-state index >= 15 is 0 Å². The number of morpholine rings is 1. The van der Waals surface area contributed by atoms with Gasteiger partial charge in [0.1, 0.15) is 0 Å². The predicted molar refractivity (Wildman–Crippen MR) is 62.5 cm³/mol. The van der Waals surface area contributed by atoms with E-state index in [-0.39, 0.29) is 6.03 Å². The van der Waals surface area contributed by atoms with Crippen molar-refractivity contribution in [3.05, 3.63) is 0 Å². The van der Waals surface area contributed by atoms with E-state index in [1.807, 2.05) is 0 Å². The third kappa shape index (κ3) is 3.55. The van der Waals surface area contributed by atoms with Gasteiger partial charge in [-0.3, -0.25) is 9.74 Å². The second kappa shape index (κ2) is 6.18. The van der Waals surface area contributed by atoms with Crippen LogP contribution in [0, 0.1) is 0 Å². The van der Waals surface area contributed by atoms with E-state index in [0.717, 1.165) is 32.7 Å². The first-order valence-corrected chi connectivity index (χ1v) is 6.27. The molecule has 0 spiro atoms. The first-order chi connectivity index (χ1) is 8.27. The van der Waals surface area contributed by atoms with Crippen molar-refractivity contribution >= 4 is 6.03 Å². The van der Waals surface area contributed by atoms with Gasteiger partial charge in [0.05, 0.1) is 26.4 Å². The molecule has 1 atom stereocenters. The van der Waals surface area contributed by atoms with Crippen LogP contribution >= 0.6 is 0 Å². The quantitative estimate of drug-likeness (QED) is 0.761. The number of carbonyl (C=O) groups excluding carboxylic acids is 1. The lowest BCUT2D eigenvalue weighted by Gasteiger charge is -2.32. The summed E-state index contributed by atoms with van der Waals surface area (Å²) in [5, 5.41) is 4.31. The number of urea groups is 1. The Hall–Kier alpha value is -0.850. The SMILES string of the molecule is CC(CNC(=O)N1CCCO1)N1CCOCC1. The predicted octanol–water partition coefficient (Wildman–Crippen LogP) is 0.0540. The molecule has 2 saturated heterocycles. The van der Waals surface area contributed by atoms with Gasteiger partial charge in [-0.25, -0.2) is 9.86 Å². The summed E-state index contributed by atoms with van der Waals surface area (Å²) in [5.41, 5.74) is 0. The summed E-state index contributed by atoms with van der Waals surface area (Å²) < 4.78 is 5.30. The van der Waals surface area contributed by atoms with Crippen LogP contribution < -0.4 is 5.32 Å². The Morgan fingerprint density at radius 2 is 2.06 bits per heavy atom. The molecule has 0 aromatic rings. The van der Waals surface area contributed by atoms with Crippen molar-refractivity contribution in [3.63, 3.8) is 0 Å². The van der Waals surface area contributed by atoms with Gasteiger partial charge < -0.3 is 10.1 Å². The van der Waals surface area contributed by atoms with Gasteiger partial charge in [0.25, 0.3) is 0 Å². The largest absolute Gasteiger partial charge is 0.379 e. The molecule has 0 aliphatic carbocycles. The summed E-state index contributed by atoms with van der Waals surface area (Å²) in [6.07, 6.45) is 0.923. The van der Waals surface area contributed by atoms with E-state index in [1.54, 1.807) is 0 Å². The van der Waals surface area contributed by atoms with E-state index in [9.17, 15) is 4.79 Å². The molecule has 1 unspecified atom stereocenters. The molecule has 0 aromatic carbocycles. The van der Waals surface area contributed by atoms with Gasteiger partial charge in [-0.15, -0.1) is 0 Å². The number of hydrogen-bond acceptors (Lipinski definition) is 4. The Morgan fingerprint density at radius 3 is 2.71 bits per heavy atom. The number of rotatable bonds is 3. The van der Waals surface area contributed by atoms with Crippen LogP contribution in [0.2, 0.25) is 0 Å². The lowest BCUT2D eigenvalue weighted by atomic mass is 10.2. The molecule has 0 bridgehead atoms. The standard InChI is InChI=1S/C11H21N3O3/c1-10(13-4-7-16-8-5-13)9-12-11(15)14-3-2-6-17-14/h10H,2-9H2,1H3,(H,12,15). The molecule has 2 heterocycles. The zero-order valence-electron chi connectivity index (χ0n) is 10.4. The molecule has 0 radical (unpaired) electrons. The fourth-order valence-corrected chi connectivity index (χ4v) is 2.08. The van der Waals surface area contributed by atoms with Crippen molar-refractivity contribution in [1.29, 1.82) is 0 Å². The topological polar surface area (TPSA) is 54.0 Å². The highest BCUT2D eigenvalue weighted by Gasteiger charge is 2.21. The number of amides is 2. The summed E-state index contributed by atoms with van der Waals surface area (Å²) in [5.74, 6) is 0. The van der Waals surface area contributed by atoms with Crippen LogP contribution in [0.1, 0.15) is 13.3 Å². The van der Waals surface area contributed by atoms with Crippen LogP contribution in [-0.2, 0) is 9.57 Å². The molecule has 6 heteroatoms. The summed E-state index contributed by atoms with van der Waals surface area (Å²) in [6.45, 7) is 7.56. The van der Waals surface area contributed by atoms with E-state index in [1.165, 1.54) is 5.06 Å². The number of ether oxygens (including phenoxy) is 1. The lowest BCUT2D eigenvalue weighted by molar-refractivity contribution is -0.0667. The second-order valence-electron chi connectivity index (χ2n) is 4.47. The summed E-state index contributed by atoms with van der Waals surface area (Å²) in [7, 11) is 0. The minimum absolute atomic E-state index is 0.123. The normalized spacial score (nSPS) is 23.7. The molecule has 2 aliphatic heterocycles. The Kier molecular flexibility index (Phi) is 4.58. The van der Waals surface area contributed by atoms with Crippen molar-refractivity contribution in [1.82, 2.24) is 15.3 Å². The van der Waals surface area contributed by atoms with Crippen molar-refractivity contribution < 1.29 is 14.4 Å². The van der Waals surface area contributed by atoms with Gasteiger partial charge in [-0.05, 0) is 13.3 Å². The maximum atomic E-state index is 11.7. The van der Waals surface area contributed by atoms with Crippen molar-refractivity contribution in [3.8, 4) is 0 Å². The lowest BCUT2D eigenvalue weighted by Crippen LogP contribution is -2.49. The van der Waals surface area contributed by atoms with Crippen LogP contribution in [0.25, 0.3) is 0 Å². The molecule has 2 aliphatic rings. The van der Waals surface area contributed by atoms with Crippen LogP contribution in [0.5, 0.6) is 0 Å². The van der Waals surface area contributed by atoms with E-state index in [0.29, 0.717) is 25.7 Å². The number of nitrogens with zero attached hydrogens (tertiary/aromatic N) is 2. The summed E-state index contributed by atoms with van der Waals surface area (Å²) in [4.78, 5) is 19.2. The van der Waals surface area contributed by atoms with Crippen molar-refractivity contribution in [2.24, 2.45) is 0 Å². The zero-order valence-corrected chi connectivity index (χ0v) is 10.4. The zero-order chi connectivity index (χ0) is 12.1. The minimum Gasteiger partial charge on any atom is -0.379 e. The summed E-state index contributed by atoms with van der Waals surface area (Å²) in [6, 6.07) is 0.216. The highest BCUT2D eigenvalue weighted by atomic mass is 16.7. The Labute approximate surface area is 102 Å². The van der Waals surface area contributed by atoms with E-state index < -0.39 is 0 Å². The minimum atomic E-state index is -0.123. The Morgan fingerprint density at radius 1 is 1.29 bits per heavy atom. The average Bonchev–Trinajstić information content (AvgIpc) is 2.90. The van der Waals surface area contributed by atoms with Gasteiger partial charge in [-0.1, -0.05) is 0 Å². The van der Waals surface area contributed by atoms with Gasteiger partial charge in [0.15, 0.2) is 0 Å². The molecule has 17 heavy (non-hydrogen) atoms. The average molecular weight is 243 g/mol. The Balaban J connectivity index is 1.67. The second-order valence-corrected chi connectivity index (χ2v) is 4.47. The molecule has 6 nitrogen and oxygen atoms in total. The third-order valence-corrected chi connectivity index (χ3v) is 3.20. The number of carbonyl (C=O) groups is 1.